The van der Waals surface area contributed by atoms with Crippen LogP contribution in [0.3, 0.4) is 0 Å². The fourth-order valence-corrected chi connectivity index (χ4v) is 3.68. The molecular weight excluding hydrogens is 378 g/mol. The standard InChI is InChI=1S/C23H39N5O2/c1-17(2)28(18(3)4)14-9-13-24-23(25-16-22(29)27(5)6)26-20-12-15-30-21-11-8-7-10-19(20)21/h7-8,10-11,17-18,20H,9,12-16H2,1-6H3,(H2,24,25,26). The summed E-state index contributed by atoms with van der Waals surface area (Å²) in [5.41, 5.74) is 1.13. The maximum atomic E-state index is 12.0. The van der Waals surface area contributed by atoms with Gasteiger partial charge in [-0.2, -0.15) is 0 Å². The second-order valence-electron chi connectivity index (χ2n) is 8.53. The largest absolute Gasteiger partial charge is 0.493 e. The van der Waals surface area contributed by atoms with Gasteiger partial charge in [0.2, 0.25) is 5.91 Å². The van der Waals surface area contributed by atoms with Gasteiger partial charge in [0.05, 0.1) is 12.6 Å². The predicted molar refractivity (Wildman–Crippen MR) is 123 cm³/mol. The summed E-state index contributed by atoms with van der Waals surface area (Å²) < 4.78 is 5.77. The summed E-state index contributed by atoms with van der Waals surface area (Å²) in [7, 11) is 3.50. The molecule has 0 saturated heterocycles. The predicted octanol–water partition coefficient (Wildman–Crippen LogP) is 2.64. The van der Waals surface area contributed by atoms with E-state index in [1.165, 1.54) is 0 Å². The Hall–Kier alpha value is -2.28. The van der Waals surface area contributed by atoms with E-state index in [1.54, 1.807) is 19.0 Å². The fourth-order valence-electron chi connectivity index (χ4n) is 3.68. The van der Waals surface area contributed by atoms with Crippen LogP contribution in [0.5, 0.6) is 5.75 Å². The Balaban J connectivity index is 2.01. The topological polar surface area (TPSA) is 69.2 Å². The number of ether oxygens (including phenoxy) is 1. The first-order valence-electron chi connectivity index (χ1n) is 11.0. The summed E-state index contributed by atoms with van der Waals surface area (Å²) in [5.74, 6) is 1.57. The average Bonchev–Trinajstić information content (AvgIpc) is 2.70. The molecule has 1 atom stereocenters. The van der Waals surface area contributed by atoms with Gasteiger partial charge in [0, 0.05) is 51.3 Å². The van der Waals surface area contributed by atoms with Crippen LogP contribution in [0, 0.1) is 0 Å². The summed E-state index contributed by atoms with van der Waals surface area (Å²) in [5, 5.41) is 6.94. The lowest BCUT2D eigenvalue weighted by molar-refractivity contribution is -0.127. The van der Waals surface area contributed by atoms with Crippen molar-refractivity contribution in [3.63, 3.8) is 0 Å². The maximum absolute atomic E-state index is 12.0. The van der Waals surface area contributed by atoms with Crippen molar-refractivity contribution in [2.45, 2.75) is 58.7 Å². The van der Waals surface area contributed by atoms with E-state index in [1.807, 2.05) is 18.2 Å². The van der Waals surface area contributed by atoms with Crippen LogP contribution in [-0.4, -0.2) is 74.1 Å². The van der Waals surface area contributed by atoms with Gasteiger partial charge in [-0.05, 0) is 40.2 Å². The Kier molecular flexibility index (Phi) is 9.43. The summed E-state index contributed by atoms with van der Waals surface area (Å²) in [6.45, 7) is 11.5. The van der Waals surface area contributed by atoms with E-state index in [0.29, 0.717) is 24.7 Å². The monoisotopic (exact) mass is 417 g/mol. The zero-order chi connectivity index (χ0) is 22.1. The summed E-state index contributed by atoms with van der Waals surface area (Å²) in [4.78, 5) is 20.6. The molecule has 1 aliphatic rings. The van der Waals surface area contributed by atoms with Gasteiger partial charge in [-0.15, -0.1) is 0 Å². The van der Waals surface area contributed by atoms with Gasteiger partial charge in [0.25, 0.3) is 0 Å². The number of para-hydroxylation sites is 1. The molecule has 0 aromatic heterocycles. The smallest absolute Gasteiger partial charge is 0.243 e. The van der Waals surface area contributed by atoms with E-state index >= 15 is 0 Å². The van der Waals surface area contributed by atoms with E-state index in [9.17, 15) is 4.79 Å². The van der Waals surface area contributed by atoms with Crippen molar-refractivity contribution < 1.29 is 9.53 Å². The van der Waals surface area contributed by atoms with Crippen LogP contribution in [0.1, 0.15) is 52.1 Å². The van der Waals surface area contributed by atoms with Crippen molar-refractivity contribution in [1.82, 2.24) is 20.4 Å². The highest BCUT2D eigenvalue weighted by atomic mass is 16.5. The van der Waals surface area contributed by atoms with Gasteiger partial charge in [0.1, 0.15) is 12.3 Å². The van der Waals surface area contributed by atoms with Crippen LogP contribution in [0.4, 0.5) is 0 Å². The van der Waals surface area contributed by atoms with Crippen molar-refractivity contribution in [2.24, 2.45) is 4.99 Å². The molecule has 7 nitrogen and oxygen atoms in total. The Morgan fingerprint density at radius 3 is 2.57 bits per heavy atom. The molecule has 7 heteroatoms. The highest BCUT2D eigenvalue weighted by Crippen LogP contribution is 2.31. The number of fused-ring (bicyclic) bond motifs is 1. The van der Waals surface area contributed by atoms with Crippen molar-refractivity contribution in [3.8, 4) is 5.75 Å². The molecule has 30 heavy (non-hydrogen) atoms. The van der Waals surface area contributed by atoms with Gasteiger partial charge >= 0.3 is 0 Å². The third-order valence-corrected chi connectivity index (χ3v) is 5.35. The highest BCUT2D eigenvalue weighted by Gasteiger charge is 2.22. The summed E-state index contributed by atoms with van der Waals surface area (Å²) in [6, 6.07) is 9.24. The number of guanidine groups is 1. The van der Waals surface area contributed by atoms with E-state index < -0.39 is 0 Å². The Morgan fingerprint density at radius 2 is 1.90 bits per heavy atom. The Labute approximate surface area is 181 Å². The molecule has 1 aromatic rings. The van der Waals surface area contributed by atoms with Crippen molar-refractivity contribution in [3.05, 3.63) is 29.8 Å². The second kappa shape index (κ2) is 11.8. The summed E-state index contributed by atoms with van der Waals surface area (Å²) in [6.07, 6.45) is 1.86. The van der Waals surface area contributed by atoms with E-state index in [2.05, 4.69) is 54.3 Å². The number of amides is 1. The van der Waals surface area contributed by atoms with E-state index in [4.69, 9.17) is 4.74 Å². The third-order valence-electron chi connectivity index (χ3n) is 5.35. The number of hydrogen-bond donors (Lipinski definition) is 2. The van der Waals surface area contributed by atoms with Crippen LogP contribution in [0.25, 0.3) is 0 Å². The Morgan fingerprint density at radius 1 is 1.20 bits per heavy atom. The number of likely N-dealkylation sites (N-methyl/N-ethyl adjacent to an activating group) is 1. The minimum absolute atomic E-state index is 0.0192. The molecule has 0 fully saturated rings. The molecule has 168 valence electrons. The SMILES string of the molecule is CC(C)N(CCCNC(=NCC(=O)N(C)C)NC1CCOc2ccccc21)C(C)C. The molecule has 2 N–H and O–H groups in total. The lowest BCUT2D eigenvalue weighted by atomic mass is 10.0. The lowest BCUT2D eigenvalue weighted by Gasteiger charge is -2.31. The van der Waals surface area contributed by atoms with Crippen molar-refractivity contribution >= 4 is 11.9 Å². The third kappa shape index (κ3) is 7.20. The van der Waals surface area contributed by atoms with Crippen LogP contribution < -0.4 is 15.4 Å². The number of rotatable bonds is 9. The van der Waals surface area contributed by atoms with Crippen LogP contribution in [0.15, 0.2) is 29.3 Å². The van der Waals surface area contributed by atoms with Gasteiger partial charge in [0.15, 0.2) is 5.96 Å². The molecule has 0 radical (unpaired) electrons. The number of carbonyl (C=O) groups is 1. The molecule has 0 saturated carbocycles. The molecule has 1 unspecified atom stereocenters. The van der Waals surface area contributed by atoms with Crippen LogP contribution in [-0.2, 0) is 4.79 Å². The number of aliphatic imine (C=N–C) groups is 1. The minimum Gasteiger partial charge on any atom is -0.493 e. The zero-order valence-electron chi connectivity index (χ0n) is 19.4. The van der Waals surface area contributed by atoms with E-state index in [0.717, 1.165) is 37.2 Å². The second-order valence-corrected chi connectivity index (χ2v) is 8.53. The molecule has 0 aliphatic carbocycles. The molecule has 0 spiro atoms. The normalized spacial score (nSPS) is 16.4. The van der Waals surface area contributed by atoms with Gasteiger partial charge in [-0.1, -0.05) is 18.2 Å². The van der Waals surface area contributed by atoms with E-state index in [-0.39, 0.29) is 18.5 Å². The molecule has 0 bridgehead atoms. The lowest BCUT2D eigenvalue weighted by Crippen LogP contribution is -2.43. The maximum Gasteiger partial charge on any atom is 0.243 e. The number of nitrogens with one attached hydrogen (secondary N) is 2. The fraction of sp³-hybridized carbons (Fsp3) is 0.652. The highest BCUT2D eigenvalue weighted by molar-refractivity contribution is 5.85. The van der Waals surface area contributed by atoms with Gasteiger partial charge in [-0.25, -0.2) is 4.99 Å². The Bertz CT molecular complexity index is 695. The van der Waals surface area contributed by atoms with Crippen LogP contribution >= 0.6 is 0 Å². The molecule has 1 amide bonds. The first kappa shape index (κ1) is 24.0. The molecular formula is C23H39N5O2. The van der Waals surface area contributed by atoms with Crippen LogP contribution in [0.2, 0.25) is 0 Å². The van der Waals surface area contributed by atoms with Gasteiger partial charge in [-0.3, -0.25) is 9.69 Å². The number of carbonyl (C=O) groups excluding carboxylic acids is 1. The number of hydrogen-bond acceptors (Lipinski definition) is 4. The molecule has 2 rings (SSSR count). The average molecular weight is 418 g/mol. The summed E-state index contributed by atoms with van der Waals surface area (Å²) >= 11 is 0. The molecule has 1 aliphatic heterocycles. The number of nitrogens with zero attached hydrogens (tertiary/aromatic N) is 3. The first-order chi connectivity index (χ1) is 14.3. The zero-order valence-corrected chi connectivity index (χ0v) is 19.4. The van der Waals surface area contributed by atoms with Gasteiger partial charge < -0.3 is 20.3 Å². The molecule has 1 heterocycles. The van der Waals surface area contributed by atoms with Crippen molar-refractivity contribution in [2.75, 3.05) is 40.3 Å². The number of benzene rings is 1. The quantitative estimate of drug-likeness (QED) is 0.367. The molecule has 1 aromatic carbocycles. The first-order valence-corrected chi connectivity index (χ1v) is 11.0. The van der Waals surface area contributed by atoms with Crippen molar-refractivity contribution in [1.29, 1.82) is 0 Å². The minimum atomic E-state index is -0.0192.